The number of rotatable bonds is 2. The molecular weight excluding hydrogens is 941 g/mol. The van der Waals surface area contributed by atoms with Crippen LogP contribution in [0.3, 0.4) is 0 Å². The van der Waals surface area contributed by atoms with E-state index in [4.69, 9.17) is 0 Å². The smallest absolute Gasteiger partial charge is 0.155 e. The van der Waals surface area contributed by atoms with Crippen molar-refractivity contribution >= 4 is 11.6 Å². The monoisotopic (exact) mass is 1010 g/mol. The Morgan fingerprint density at radius 2 is 0.771 bits per heavy atom. The molecule has 6 fully saturated rings. The summed E-state index contributed by atoms with van der Waals surface area (Å²) in [5.74, 6) is 0.821. The zero-order valence-electron chi connectivity index (χ0n) is 34.2. The Labute approximate surface area is 324 Å². The van der Waals surface area contributed by atoms with Gasteiger partial charge in [0.1, 0.15) is 0 Å². The first kappa shape index (κ1) is 46.5. The molecule has 4 heterocycles. The Kier molecular flexibility index (Phi) is 12.7. The summed E-state index contributed by atoms with van der Waals surface area (Å²) in [5.41, 5.74) is 1.50. The Morgan fingerprint density at radius 3 is 0.917 bits per heavy atom. The van der Waals surface area contributed by atoms with Crippen LogP contribution >= 0.6 is 0 Å². The molecule has 2 saturated carbocycles. The van der Waals surface area contributed by atoms with Gasteiger partial charge in [-0.1, -0.05) is 80.1 Å². The fourth-order valence-corrected chi connectivity index (χ4v) is 10.9. The maximum atomic E-state index is 13.1. The standard InChI is InChI=1S/2C19H33N2O.2CH3.2Re/c2*1-15(2,3)14(22)13-9-18(12-21(13)16(4,5)6)17(7,8)19(18)10-20-11-19;;;;/h2*13H,9-12H2,1-8H3;2*1H3;;/q4*-1;;/t2*13?,18-;;;;/m10..../s1. The van der Waals surface area contributed by atoms with Gasteiger partial charge in [0.2, 0.25) is 0 Å². The number of carbonyl (C=O) groups is 2. The van der Waals surface area contributed by atoms with Gasteiger partial charge in [0.25, 0.3) is 0 Å². The molecule has 0 bridgehead atoms. The number of fused-ring (bicyclic) bond motifs is 2. The van der Waals surface area contributed by atoms with Gasteiger partial charge in [-0.3, -0.25) is 19.4 Å². The second-order valence-corrected chi connectivity index (χ2v) is 20.9. The van der Waals surface area contributed by atoms with Crippen LogP contribution in [0.4, 0.5) is 0 Å². The van der Waals surface area contributed by atoms with Crippen molar-refractivity contribution in [2.75, 3.05) is 39.3 Å². The normalized spacial score (nSPS) is 33.6. The van der Waals surface area contributed by atoms with Crippen LogP contribution in [0.1, 0.15) is 124 Å². The van der Waals surface area contributed by atoms with Gasteiger partial charge >= 0.3 is 0 Å². The Balaban J connectivity index is 0.000000443. The molecule has 6 rings (SSSR count). The SMILES string of the molecule is CC(C)(C)C(=O)C1C[C@@]2(CN1C(C)(C)C)C(C)(C)C21C[N-]C1.CC(C)(C)C(=O)C1C[C@]2(CN1C(C)(C)C)C(C)(C)C21C[N-]C1.[CH3-].[CH3-].[Re].[Re]. The number of nitrogens with zero attached hydrogens (tertiary/aromatic N) is 4. The first-order chi connectivity index (χ1) is 19.6. The molecule has 0 amide bonds. The number of Topliss-reactive ketones (excluding diaryl/α,β-unsaturated/α-hetero) is 2. The average molecular weight is 1010 g/mol. The van der Waals surface area contributed by atoms with Crippen LogP contribution in [0.15, 0.2) is 0 Å². The van der Waals surface area contributed by atoms with Crippen LogP contribution in [-0.2, 0) is 50.4 Å². The summed E-state index contributed by atoms with van der Waals surface area (Å²) in [6, 6.07) is 0.137. The number of likely N-dealkylation sites (tertiary alicyclic amines) is 2. The van der Waals surface area contributed by atoms with E-state index in [1.807, 2.05) is 0 Å². The molecular formula is C40H72N4O2Re2-4. The minimum Gasteiger partial charge on any atom is -0.661 e. The van der Waals surface area contributed by atoms with Crippen molar-refractivity contribution in [2.45, 2.75) is 147 Å². The predicted octanol–water partition coefficient (Wildman–Crippen LogP) is 8.64. The molecule has 6 aliphatic rings. The van der Waals surface area contributed by atoms with Crippen LogP contribution in [0, 0.1) is 58.2 Å². The fourth-order valence-electron chi connectivity index (χ4n) is 10.9. The van der Waals surface area contributed by atoms with E-state index < -0.39 is 0 Å². The van der Waals surface area contributed by atoms with E-state index in [1.165, 1.54) is 0 Å². The Bertz CT molecular complexity index is 1120. The number of hydrogen-bond donors (Lipinski definition) is 0. The van der Waals surface area contributed by atoms with E-state index in [0.29, 0.717) is 44.1 Å². The van der Waals surface area contributed by atoms with Crippen LogP contribution in [0.5, 0.6) is 0 Å². The van der Waals surface area contributed by atoms with Gasteiger partial charge in [0.05, 0.1) is 12.1 Å². The molecule has 282 valence electrons. The Hall–Kier alpha value is 0.505. The summed E-state index contributed by atoms with van der Waals surface area (Å²) in [6.07, 6.45) is 2.06. The van der Waals surface area contributed by atoms with Crippen molar-refractivity contribution in [3.63, 3.8) is 0 Å². The Morgan fingerprint density at radius 1 is 0.521 bits per heavy atom. The fraction of sp³-hybridized carbons (Fsp3) is 0.900. The number of hydrogen-bond acceptors (Lipinski definition) is 4. The zero-order chi connectivity index (χ0) is 33.5. The maximum absolute atomic E-state index is 13.1. The first-order valence-electron chi connectivity index (χ1n) is 17.5. The van der Waals surface area contributed by atoms with Crippen LogP contribution in [0.2, 0.25) is 0 Å². The van der Waals surface area contributed by atoms with Crippen molar-refractivity contribution in [3.05, 3.63) is 25.5 Å². The third kappa shape index (κ3) is 6.02. The van der Waals surface area contributed by atoms with Gasteiger partial charge in [-0.25, -0.2) is 0 Å². The predicted molar refractivity (Wildman–Crippen MR) is 195 cm³/mol. The molecule has 4 saturated heterocycles. The van der Waals surface area contributed by atoms with Gasteiger partial charge in [0, 0.05) is 75.8 Å². The molecule has 2 radical (unpaired) electrons. The summed E-state index contributed by atoms with van der Waals surface area (Å²) < 4.78 is 0. The van der Waals surface area contributed by atoms with Crippen LogP contribution < -0.4 is 0 Å². The van der Waals surface area contributed by atoms with Crippen LogP contribution in [-0.4, -0.2) is 83.8 Å². The summed E-state index contributed by atoms with van der Waals surface area (Å²) in [6.45, 7) is 41.7. The van der Waals surface area contributed by atoms with E-state index >= 15 is 0 Å². The van der Waals surface area contributed by atoms with Crippen molar-refractivity contribution in [1.29, 1.82) is 0 Å². The topological polar surface area (TPSA) is 68.8 Å². The van der Waals surface area contributed by atoms with Gasteiger partial charge in [-0.2, -0.15) is 0 Å². The summed E-state index contributed by atoms with van der Waals surface area (Å²) in [7, 11) is 0. The van der Waals surface area contributed by atoms with E-state index in [1.54, 1.807) is 0 Å². The number of carbonyl (C=O) groups excluding carboxylic acids is 2. The molecule has 0 aromatic heterocycles. The molecule has 48 heavy (non-hydrogen) atoms. The molecule has 0 aromatic rings. The molecule has 2 aliphatic carbocycles. The minimum atomic E-state index is -0.268. The summed E-state index contributed by atoms with van der Waals surface area (Å²) in [5, 5.41) is 9.10. The molecule has 0 aromatic carbocycles. The molecule has 6 nitrogen and oxygen atoms in total. The summed E-state index contributed by atoms with van der Waals surface area (Å²) >= 11 is 0. The van der Waals surface area contributed by atoms with Crippen LogP contribution in [0.25, 0.3) is 10.6 Å². The van der Waals surface area contributed by atoms with Gasteiger partial charge < -0.3 is 25.5 Å². The quantitative estimate of drug-likeness (QED) is 0.260. The number of ketones is 2. The molecule has 2 unspecified atom stereocenters. The maximum Gasteiger partial charge on any atom is 0.155 e. The summed E-state index contributed by atoms with van der Waals surface area (Å²) in [4.78, 5) is 31.2. The van der Waals surface area contributed by atoms with E-state index in [-0.39, 0.29) is 89.7 Å². The average Bonchev–Trinajstić information content (AvgIpc) is 3.17. The van der Waals surface area contributed by atoms with Gasteiger partial charge in [-0.05, 0) is 76.0 Å². The van der Waals surface area contributed by atoms with E-state index in [9.17, 15) is 9.59 Å². The van der Waals surface area contributed by atoms with Crippen molar-refractivity contribution < 1.29 is 50.4 Å². The second-order valence-electron chi connectivity index (χ2n) is 20.9. The minimum absolute atomic E-state index is 0. The third-order valence-corrected chi connectivity index (χ3v) is 14.5. The third-order valence-electron chi connectivity index (χ3n) is 14.5. The molecule has 8 heteroatoms. The molecule has 0 N–H and O–H groups in total. The molecule has 4 spiro atoms. The van der Waals surface area contributed by atoms with Crippen molar-refractivity contribution in [3.8, 4) is 0 Å². The first-order valence-corrected chi connectivity index (χ1v) is 17.5. The second kappa shape index (κ2) is 13.1. The van der Waals surface area contributed by atoms with Crippen molar-refractivity contribution in [1.82, 2.24) is 9.80 Å². The largest absolute Gasteiger partial charge is 0.661 e. The van der Waals surface area contributed by atoms with E-state index in [2.05, 4.69) is 131 Å². The molecule has 4 atom stereocenters. The molecule has 4 aliphatic heterocycles. The van der Waals surface area contributed by atoms with Gasteiger partial charge in [0.15, 0.2) is 11.6 Å². The van der Waals surface area contributed by atoms with Crippen molar-refractivity contribution in [2.24, 2.45) is 43.3 Å². The van der Waals surface area contributed by atoms with Gasteiger partial charge in [-0.15, -0.1) is 26.2 Å². The van der Waals surface area contributed by atoms with E-state index in [0.717, 1.165) is 52.1 Å². The zero-order valence-corrected chi connectivity index (χ0v) is 39.6.